The number of ether oxygens (including phenoxy) is 1. The van der Waals surface area contributed by atoms with E-state index in [1.165, 1.54) is 5.56 Å². The summed E-state index contributed by atoms with van der Waals surface area (Å²) in [6, 6.07) is 6.08. The number of aryl methyl sites for hydroxylation is 2. The molecule has 0 spiro atoms. The van der Waals surface area contributed by atoms with E-state index in [4.69, 9.17) is 4.74 Å². The average molecular weight is 279 g/mol. The molecule has 0 aliphatic heterocycles. The molecule has 0 saturated carbocycles. The van der Waals surface area contributed by atoms with Gasteiger partial charge >= 0.3 is 0 Å². The molecule has 1 aromatic carbocycles. The standard InChI is InChI=1S/C17H29NO2/c1-6-17(5,7-2)18-11-15(19)12-20-16-9-8-13(3)10-14(16)4/h8-10,15,18-19H,6-7,11-12H2,1-5H3. The van der Waals surface area contributed by atoms with Gasteiger partial charge in [-0.05, 0) is 45.2 Å². The van der Waals surface area contributed by atoms with Crippen LogP contribution in [0, 0.1) is 13.8 Å². The van der Waals surface area contributed by atoms with Crippen molar-refractivity contribution in [2.24, 2.45) is 0 Å². The first-order valence-electron chi connectivity index (χ1n) is 7.53. The second-order valence-electron chi connectivity index (χ2n) is 5.88. The van der Waals surface area contributed by atoms with Crippen LogP contribution in [0.25, 0.3) is 0 Å². The smallest absolute Gasteiger partial charge is 0.122 e. The molecule has 0 aliphatic carbocycles. The fourth-order valence-electron chi connectivity index (χ4n) is 2.07. The third kappa shape index (κ3) is 5.14. The van der Waals surface area contributed by atoms with Crippen LogP contribution in [-0.2, 0) is 0 Å². The van der Waals surface area contributed by atoms with E-state index in [-0.39, 0.29) is 5.54 Å². The summed E-state index contributed by atoms with van der Waals surface area (Å²) in [5.74, 6) is 0.850. The Labute approximate surface area is 123 Å². The maximum atomic E-state index is 10.0. The van der Waals surface area contributed by atoms with Crippen molar-refractivity contribution in [2.45, 2.75) is 59.1 Å². The molecule has 2 N–H and O–H groups in total. The van der Waals surface area contributed by atoms with Crippen molar-refractivity contribution in [2.75, 3.05) is 13.2 Å². The summed E-state index contributed by atoms with van der Waals surface area (Å²) >= 11 is 0. The first-order valence-corrected chi connectivity index (χ1v) is 7.53. The van der Waals surface area contributed by atoms with Crippen LogP contribution in [0.4, 0.5) is 0 Å². The van der Waals surface area contributed by atoms with Gasteiger partial charge in [0, 0.05) is 12.1 Å². The molecule has 3 nitrogen and oxygen atoms in total. The van der Waals surface area contributed by atoms with Crippen LogP contribution >= 0.6 is 0 Å². The Morgan fingerprint density at radius 3 is 2.45 bits per heavy atom. The van der Waals surface area contributed by atoms with Crippen LogP contribution in [0.3, 0.4) is 0 Å². The molecule has 1 aromatic rings. The number of rotatable bonds is 8. The summed E-state index contributed by atoms with van der Waals surface area (Å²) in [5.41, 5.74) is 2.43. The van der Waals surface area contributed by atoms with Crippen LogP contribution in [0.15, 0.2) is 18.2 Å². The molecule has 0 saturated heterocycles. The molecule has 0 fully saturated rings. The van der Waals surface area contributed by atoms with Crippen molar-refractivity contribution in [3.8, 4) is 5.75 Å². The molecule has 0 aromatic heterocycles. The Morgan fingerprint density at radius 2 is 1.90 bits per heavy atom. The predicted octanol–water partition coefficient (Wildman–Crippen LogP) is 3.21. The number of aliphatic hydroxyl groups excluding tert-OH is 1. The van der Waals surface area contributed by atoms with E-state index in [9.17, 15) is 5.11 Å². The Balaban J connectivity index is 2.41. The lowest BCUT2D eigenvalue weighted by Gasteiger charge is -2.29. The van der Waals surface area contributed by atoms with Gasteiger partial charge in [0.25, 0.3) is 0 Å². The molecule has 20 heavy (non-hydrogen) atoms. The first kappa shape index (κ1) is 17.0. The number of benzene rings is 1. The summed E-state index contributed by atoms with van der Waals surface area (Å²) < 4.78 is 5.70. The number of hydrogen-bond acceptors (Lipinski definition) is 3. The van der Waals surface area contributed by atoms with E-state index in [1.54, 1.807) is 0 Å². The molecule has 0 aliphatic rings. The molecular formula is C17H29NO2. The minimum absolute atomic E-state index is 0.0980. The van der Waals surface area contributed by atoms with E-state index in [2.05, 4.69) is 39.1 Å². The lowest BCUT2D eigenvalue weighted by molar-refractivity contribution is 0.0963. The van der Waals surface area contributed by atoms with E-state index in [1.807, 2.05) is 19.1 Å². The summed E-state index contributed by atoms with van der Waals surface area (Å²) in [6.45, 7) is 11.5. The van der Waals surface area contributed by atoms with Gasteiger partial charge in [0.2, 0.25) is 0 Å². The minimum atomic E-state index is -0.492. The molecule has 1 atom stereocenters. The number of nitrogens with one attached hydrogen (secondary N) is 1. The molecule has 0 bridgehead atoms. The van der Waals surface area contributed by atoms with Gasteiger partial charge in [-0.1, -0.05) is 31.5 Å². The molecule has 0 heterocycles. The van der Waals surface area contributed by atoms with Crippen LogP contribution in [0.5, 0.6) is 5.75 Å². The maximum Gasteiger partial charge on any atom is 0.122 e. The molecule has 1 rings (SSSR count). The average Bonchev–Trinajstić information content (AvgIpc) is 2.44. The quantitative estimate of drug-likeness (QED) is 0.768. The van der Waals surface area contributed by atoms with E-state index >= 15 is 0 Å². The highest BCUT2D eigenvalue weighted by Crippen LogP contribution is 2.19. The molecule has 3 heteroatoms. The van der Waals surface area contributed by atoms with Crippen molar-refractivity contribution in [3.05, 3.63) is 29.3 Å². The zero-order valence-corrected chi connectivity index (χ0v) is 13.5. The highest BCUT2D eigenvalue weighted by atomic mass is 16.5. The van der Waals surface area contributed by atoms with Gasteiger partial charge in [0.05, 0.1) is 0 Å². The Kier molecular flexibility index (Phi) is 6.50. The van der Waals surface area contributed by atoms with Gasteiger partial charge in [-0.25, -0.2) is 0 Å². The van der Waals surface area contributed by atoms with Crippen molar-refractivity contribution in [3.63, 3.8) is 0 Å². The number of aliphatic hydroxyl groups is 1. The fourth-order valence-corrected chi connectivity index (χ4v) is 2.07. The highest BCUT2D eigenvalue weighted by Gasteiger charge is 2.20. The second kappa shape index (κ2) is 7.65. The van der Waals surface area contributed by atoms with Crippen molar-refractivity contribution < 1.29 is 9.84 Å². The highest BCUT2D eigenvalue weighted by molar-refractivity contribution is 5.35. The third-order valence-corrected chi connectivity index (χ3v) is 4.09. The lowest BCUT2D eigenvalue weighted by Crippen LogP contribution is -2.46. The van der Waals surface area contributed by atoms with E-state index < -0.39 is 6.10 Å². The zero-order chi connectivity index (χ0) is 15.2. The summed E-state index contributed by atoms with van der Waals surface area (Å²) in [7, 11) is 0. The van der Waals surface area contributed by atoms with Gasteiger partial charge in [-0.2, -0.15) is 0 Å². The second-order valence-corrected chi connectivity index (χ2v) is 5.88. The zero-order valence-electron chi connectivity index (χ0n) is 13.5. The van der Waals surface area contributed by atoms with Crippen LogP contribution in [0.1, 0.15) is 44.7 Å². The predicted molar refractivity (Wildman–Crippen MR) is 84.4 cm³/mol. The Bertz CT molecular complexity index is 413. The van der Waals surface area contributed by atoms with E-state index in [0.717, 1.165) is 24.2 Å². The topological polar surface area (TPSA) is 41.5 Å². The van der Waals surface area contributed by atoms with Crippen LogP contribution in [0.2, 0.25) is 0 Å². The SMILES string of the molecule is CCC(C)(CC)NCC(O)COc1ccc(C)cc1C. The maximum absolute atomic E-state index is 10.0. The minimum Gasteiger partial charge on any atom is -0.491 e. The number of hydrogen-bond donors (Lipinski definition) is 2. The monoisotopic (exact) mass is 279 g/mol. The van der Waals surface area contributed by atoms with Gasteiger partial charge in [0.1, 0.15) is 18.5 Å². The van der Waals surface area contributed by atoms with Gasteiger partial charge in [-0.15, -0.1) is 0 Å². The Hall–Kier alpha value is -1.06. The van der Waals surface area contributed by atoms with Gasteiger partial charge in [0.15, 0.2) is 0 Å². The van der Waals surface area contributed by atoms with Crippen LogP contribution < -0.4 is 10.1 Å². The fraction of sp³-hybridized carbons (Fsp3) is 0.647. The van der Waals surface area contributed by atoms with Crippen LogP contribution in [-0.4, -0.2) is 29.9 Å². The summed E-state index contributed by atoms with van der Waals surface area (Å²) in [4.78, 5) is 0. The first-order chi connectivity index (χ1) is 9.40. The molecule has 114 valence electrons. The molecular weight excluding hydrogens is 250 g/mol. The number of β-amino-alcohol motifs (C(OH)–C–C–N with tert-alkyl or cyclic N) is 1. The molecule has 1 unspecified atom stereocenters. The largest absolute Gasteiger partial charge is 0.491 e. The van der Waals surface area contributed by atoms with E-state index in [0.29, 0.717) is 13.2 Å². The Morgan fingerprint density at radius 1 is 1.25 bits per heavy atom. The van der Waals surface area contributed by atoms with Crippen molar-refractivity contribution in [1.29, 1.82) is 0 Å². The van der Waals surface area contributed by atoms with Gasteiger partial charge in [-0.3, -0.25) is 0 Å². The molecule has 0 amide bonds. The van der Waals surface area contributed by atoms with Gasteiger partial charge < -0.3 is 15.2 Å². The summed E-state index contributed by atoms with van der Waals surface area (Å²) in [6.07, 6.45) is 1.61. The third-order valence-electron chi connectivity index (χ3n) is 4.09. The molecule has 0 radical (unpaired) electrons. The normalized spacial score (nSPS) is 13.3. The van der Waals surface area contributed by atoms with Crippen molar-refractivity contribution >= 4 is 0 Å². The van der Waals surface area contributed by atoms with Crippen molar-refractivity contribution in [1.82, 2.24) is 5.32 Å². The summed E-state index contributed by atoms with van der Waals surface area (Å²) in [5, 5.41) is 13.4. The lowest BCUT2D eigenvalue weighted by atomic mass is 9.95.